The van der Waals surface area contributed by atoms with Crippen molar-refractivity contribution < 1.29 is 9.53 Å². The Labute approximate surface area is 173 Å². The third-order valence-corrected chi connectivity index (χ3v) is 6.05. The van der Waals surface area contributed by atoms with Gasteiger partial charge >= 0.3 is 0 Å². The summed E-state index contributed by atoms with van der Waals surface area (Å²) in [6.07, 6.45) is 4.86. The number of carbonyl (C=O) groups is 1. The van der Waals surface area contributed by atoms with Gasteiger partial charge in [0.2, 0.25) is 0 Å². The van der Waals surface area contributed by atoms with E-state index < -0.39 is 0 Å². The van der Waals surface area contributed by atoms with Crippen LogP contribution >= 0.6 is 0 Å². The minimum absolute atomic E-state index is 0.0473. The van der Waals surface area contributed by atoms with Gasteiger partial charge in [-0.25, -0.2) is 0 Å². The fourth-order valence-electron chi connectivity index (χ4n) is 4.41. The largest absolute Gasteiger partial charge is 0.484 e. The van der Waals surface area contributed by atoms with Gasteiger partial charge in [-0.05, 0) is 61.7 Å². The monoisotopic (exact) mass is 393 g/mol. The summed E-state index contributed by atoms with van der Waals surface area (Å²) in [5.74, 6) is 0.648. The molecule has 2 aliphatic heterocycles. The minimum atomic E-state index is -0.0724. The van der Waals surface area contributed by atoms with Crippen LogP contribution in [0.25, 0.3) is 0 Å². The number of amides is 1. The molecule has 2 aromatic carbocycles. The fourth-order valence-corrected chi connectivity index (χ4v) is 4.41. The number of rotatable bonds is 7. The highest BCUT2D eigenvalue weighted by Gasteiger charge is 2.25. The van der Waals surface area contributed by atoms with Gasteiger partial charge in [0.25, 0.3) is 5.91 Å². The lowest BCUT2D eigenvalue weighted by molar-refractivity contribution is -0.123. The summed E-state index contributed by atoms with van der Waals surface area (Å²) in [6.45, 7) is 3.94. The number of fused-ring (bicyclic) bond motifs is 1. The highest BCUT2D eigenvalue weighted by atomic mass is 16.5. The number of ether oxygens (including phenoxy) is 1. The van der Waals surface area contributed by atoms with Crippen LogP contribution in [0, 0.1) is 0 Å². The number of nitrogens with zero attached hydrogens (tertiary/aromatic N) is 2. The van der Waals surface area contributed by atoms with Gasteiger partial charge in [0.15, 0.2) is 6.61 Å². The van der Waals surface area contributed by atoms with E-state index in [1.165, 1.54) is 36.1 Å². The second kappa shape index (κ2) is 9.31. The molecule has 0 bridgehead atoms. The number of anilines is 1. The summed E-state index contributed by atoms with van der Waals surface area (Å²) in [7, 11) is 2.15. The molecule has 2 heterocycles. The van der Waals surface area contributed by atoms with E-state index >= 15 is 0 Å². The van der Waals surface area contributed by atoms with Crippen LogP contribution < -0.4 is 15.0 Å². The Bertz CT molecular complexity index is 818. The summed E-state index contributed by atoms with van der Waals surface area (Å²) in [5, 5.41) is 3.11. The summed E-state index contributed by atoms with van der Waals surface area (Å²) in [6, 6.07) is 16.5. The van der Waals surface area contributed by atoms with Crippen molar-refractivity contribution in [3.8, 4) is 5.75 Å². The summed E-state index contributed by atoms with van der Waals surface area (Å²) < 4.78 is 5.59. The quantitative estimate of drug-likeness (QED) is 0.783. The van der Waals surface area contributed by atoms with Crippen LogP contribution in [-0.2, 0) is 11.2 Å². The minimum Gasteiger partial charge on any atom is -0.484 e. The van der Waals surface area contributed by atoms with Crippen LogP contribution in [0.1, 0.15) is 36.4 Å². The molecule has 2 aromatic rings. The molecule has 0 saturated carbocycles. The zero-order valence-corrected chi connectivity index (χ0v) is 17.3. The molecule has 1 saturated heterocycles. The van der Waals surface area contributed by atoms with E-state index in [0.29, 0.717) is 6.54 Å². The van der Waals surface area contributed by atoms with E-state index in [1.807, 2.05) is 30.3 Å². The normalized spacial score (nSPS) is 17.6. The molecule has 2 aliphatic rings. The molecule has 1 amide bonds. The highest BCUT2D eigenvalue weighted by Crippen LogP contribution is 2.32. The van der Waals surface area contributed by atoms with Crippen LogP contribution in [0.2, 0.25) is 0 Å². The van der Waals surface area contributed by atoms with Crippen LogP contribution in [-0.4, -0.2) is 50.6 Å². The number of likely N-dealkylation sites (tertiary alicyclic amines) is 1. The Hall–Kier alpha value is -2.53. The van der Waals surface area contributed by atoms with E-state index in [1.54, 1.807) is 0 Å². The van der Waals surface area contributed by atoms with Gasteiger partial charge in [-0.1, -0.05) is 36.8 Å². The molecule has 0 aliphatic carbocycles. The Kier molecular flexibility index (Phi) is 6.35. The van der Waals surface area contributed by atoms with Crippen LogP contribution in [0.5, 0.6) is 5.75 Å². The molecule has 1 atom stereocenters. The maximum absolute atomic E-state index is 12.4. The molecule has 4 rings (SSSR count). The molecule has 1 N–H and O–H groups in total. The van der Waals surface area contributed by atoms with Gasteiger partial charge in [0, 0.05) is 25.8 Å². The molecule has 1 fully saturated rings. The zero-order valence-electron chi connectivity index (χ0n) is 17.3. The van der Waals surface area contributed by atoms with Gasteiger partial charge in [-0.2, -0.15) is 0 Å². The molecule has 5 nitrogen and oxygen atoms in total. The van der Waals surface area contributed by atoms with Crippen LogP contribution in [0.15, 0.2) is 48.5 Å². The van der Waals surface area contributed by atoms with Gasteiger partial charge < -0.3 is 15.0 Å². The number of hydrogen-bond donors (Lipinski definition) is 1. The van der Waals surface area contributed by atoms with Crippen molar-refractivity contribution >= 4 is 11.6 Å². The second-order valence-electron chi connectivity index (χ2n) is 8.08. The average molecular weight is 394 g/mol. The molecule has 1 unspecified atom stereocenters. The number of nitrogens with one attached hydrogen (secondary N) is 1. The predicted molar refractivity (Wildman–Crippen MR) is 117 cm³/mol. The Morgan fingerprint density at radius 2 is 1.86 bits per heavy atom. The number of para-hydroxylation sites is 1. The molecular formula is C24H31N3O2. The molecular weight excluding hydrogens is 362 g/mol. The van der Waals surface area contributed by atoms with Crippen molar-refractivity contribution in [1.82, 2.24) is 10.2 Å². The SMILES string of the molecule is CN1CCc2cc(C(CNC(=O)COc3ccccc3)N3CCCCC3)ccc21. The van der Waals surface area contributed by atoms with Gasteiger partial charge in [-0.3, -0.25) is 9.69 Å². The molecule has 0 spiro atoms. The van der Waals surface area contributed by atoms with E-state index in [2.05, 4.69) is 40.4 Å². The summed E-state index contributed by atoms with van der Waals surface area (Å²) in [5.41, 5.74) is 4.07. The smallest absolute Gasteiger partial charge is 0.258 e. The first kappa shape index (κ1) is 19.8. The lowest BCUT2D eigenvalue weighted by atomic mass is 9.98. The average Bonchev–Trinajstić information content (AvgIpc) is 3.14. The maximum Gasteiger partial charge on any atom is 0.258 e. The van der Waals surface area contributed by atoms with Crippen molar-refractivity contribution in [2.45, 2.75) is 31.7 Å². The third kappa shape index (κ3) is 4.91. The lowest BCUT2D eigenvalue weighted by Crippen LogP contribution is -2.41. The highest BCUT2D eigenvalue weighted by molar-refractivity contribution is 5.77. The van der Waals surface area contributed by atoms with Crippen molar-refractivity contribution in [2.24, 2.45) is 0 Å². The number of hydrogen-bond acceptors (Lipinski definition) is 4. The maximum atomic E-state index is 12.4. The zero-order chi connectivity index (χ0) is 20.1. The number of piperidine rings is 1. The first-order valence-electron chi connectivity index (χ1n) is 10.7. The Morgan fingerprint density at radius 1 is 1.07 bits per heavy atom. The third-order valence-electron chi connectivity index (χ3n) is 6.05. The van der Waals surface area contributed by atoms with E-state index in [4.69, 9.17) is 4.74 Å². The van der Waals surface area contributed by atoms with Crippen LogP contribution in [0.4, 0.5) is 5.69 Å². The van der Waals surface area contributed by atoms with Crippen molar-refractivity contribution in [1.29, 1.82) is 0 Å². The first-order chi connectivity index (χ1) is 14.2. The molecule has 5 heteroatoms. The topological polar surface area (TPSA) is 44.8 Å². The molecule has 0 radical (unpaired) electrons. The van der Waals surface area contributed by atoms with Gasteiger partial charge in [-0.15, -0.1) is 0 Å². The van der Waals surface area contributed by atoms with E-state index in [0.717, 1.165) is 31.8 Å². The van der Waals surface area contributed by atoms with Crippen molar-refractivity contribution in [3.05, 3.63) is 59.7 Å². The molecule has 29 heavy (non-hydrogen) atoms. The predicted octanol–water partition coefficient (Wildman–Crippen LogP) is 3.40. The second-order valence-corrected chi connectivity index (χ2v) is 8.08. The van der Waals surface area contributed by atoms with E-state index in [9.17, 15) is 4.79 Å². The van der Waals surface area contributed by atoms with Gasteiger partial charge in [0.1, 0.15) is 5.75 Å². The molecule has 154 valence electrons. The van der Waals surface area contributed by atoms with Crippen LogP contribution in [0.3, 0.4) is 0 Å². The van der Waals surface area contributed by atoms with E-state index in [-0.39, 0.29) is 18.6 Å². The Morgan fingerprint density at radius 3 is 2.66 bits per heavy atom. The number of benzene rings is 2. The van der Waals surface area contributed by atoms with Gasteiger partial charge in [0.05, 0.1) is 6.04 Å². The Balaban J connectivity index is 1.41. The standard InChI is InChI=1S/C24H31N3O2/c1-26-15-12-20-16-19(10-11-22(20)26)23(27-13-6-3-7-14-27)17-25-24(28)18-29-21-8-4-2-5-9-21/h2,4-5,8-11,16,23H,3,6-7,12-15,17-18H2,1H3,(H,25,28). The lowest BCUT2D eigenvalue weighted by Gasteiger charge is -2.35. The fraction of sp³-hybridized carbons (Fsp3) is 0.458. The molecule has 0 aromatic heterocycles. The van der Waals surface area contributed by atoms with Crippen molar-refractivity contribution in [2.75, 3.05) is 44.7 Å². The van der Waals surface area contributed by atoms with Crippen molar-refractivity contribution in [3.63, 3.8) is 0 Å². The summed E-state index contributed by atoms with van der Waals surface area (Å²) >= 11 is 0. The number of likely N-dealkylation sites (N-methyl/N-ethyl adjacent to an activating group) is 1. The summed E-state index contributed by atoms with van der Waals surface area (Å²) in [4.78, 5) is 17.3. The number of carbonyl (C=O) groups excluding carboxylic acids is 1. The first-order valence-corrected chi connectivity index (χ1v) is 10.7.